The van der Waals surface area contributed by atoms with E-state index in [1.807, 2.05) is 0 Å². The number of ether oxygens (including phenoxy) is 1. The van der Waals surface area contributed by atoms with Gasteiger partial charge < -0.3 is 10.5 Å². The van der Waals surface area contributed by atoms with Gasteiger partial charge in [-0.25, -0.2) is 15.0 Å². The molecule has 0 saturated heterocycles. The summed E-state index contributed by atoms with van der Waals surface area (Å²) in [6.07, 6.45) is 3.00. The molecule has 0 spiro atoms. The Hall–Kier alpha value is -1.91. The minimum Gasteiger partial charge on any atom is -0.479 e. The number of aromatic nitrogens is 3. The van der Waals surface area contributed by atoms with Crippen LogP contribution in [0.2, 0.25) is 0 Å². The number of hydrogen-bond acceptors (Lipinski definition) is 5. The molecule has 0 aromatic carbocycles. The SMILES string of the molecule is COc1nccc2c(N)ncnc12. The summed E-state index contributed by atoms with van der Waals surface area (Å²) in [4.78, 5) is 11.9. The van der Waals surface area contributed by atoms with Crippen molar-refractivity contribution >= 4 is 16.7 Å². The molecule has 0 radical (unpaired) electrons. The zero-order chi connectivity index (χ0) is 9.26. The van der Waals surface area contributed by atoms with Crippen molar-refractivity contribution in [1.82, 2.24) is 15.0 Å². The summed E-state index contributed by atoms with van der Waals surface area (Å²) in [6.45, 7) is 0. The van der Waals surface area contributed by atoms with Gasteiger partial charge in [0.15, 0.2) is 0 Å². The van der Waals surface area contributed by atoms with E-state index in [1.165, 1.54) is 6.33 Å². The van der Waals surface area contributed by atoms with Crippen molar-refractivity contribution in [3.8, 4) is 5.88 Å². The van der Waals surface area contributed by atoms with Gasteiger partial charge in [0, 0.05) is 11.6 Å². The average Bonchev–Trinajstić information content (AvgIpc) is 2.18. The maximum Gasteiger partial charge on any atom is 0.240 e. The van der Waals surface area contributed by atoms with Gasteiger partial charge in [0.05, 0.1) is 7.11 Å². The van der Waals surface area contributed by atoms with Crippen molar-refractivity contribution < 1.29 is 4.74 Å². The lowest BCUT2D eigenvalue weighted by Gasteiger charge is -2.03. The van der Waals surface area contributed by atoms with Crippen LogP contribution in [0.4, 0.5) is 5.82 Å². The summed E-state index contributed by atoms with van der Waals surface area (Å²) in [5, 5.41) is 0.759. The molecule has 0 atom stereocenters. The third-order valence-corrected chi connectivity index (χ3v) is 1.74. The maximum absolute atomic E-state index is 5.65. The minimum atomic E-state index is 0.436. The van der Waals surface area contributed by atoms with Gasteiger partial charge in [0.2, 0.25) is 5.88 Å². The van der Waals surface area contributed by atoms with E-state index in [9.17, 15) is 0 Å². The number of anilines is 1. The summed E-state index contributed by atoms with van der Waals surface area (Å²) in [7, 11) is 1.54. The van der Waals surface area contributed by atoms with Crippen LogP contribution in [0.15, 0.2) is 18.6 Å². The highest BCUT2D eigenvalue weighted by atomic mass is 16.5. The van der Waals surface area contributed by atoms with Crippen LogP contribution >= 0.6 is 0 Å². The second-order valence-electron chi connectivity index (χ2n) is 2.48. The first-order valence-corrected chi connectivity index (χ1v) is 3.72. The highest BCUT2D eigenvalue weighted by molar-refractivity contribution is 5.90. The van der Waals surface area contributed by atoms with Gasteiger partial charge in [-0.15, -0.1) is 0 Å². The largest absolute Gasteiger partial charge is 0.479 e. The number of nitrogen functional groups attached to an aromatic ring is 1. The molecular formula is C8H8N4O. The first kappa shape index (κ1) is 7.72. The second-order valence-corrected chi connectivity index (χ2v) is 2.48. The minimum absolute atomic E-state index is 0.436. The Bertz CT molecular complexity index is 443. The van der Waals surface area contributed by atoms with Crippen LogP contribution in [-0.4, -0.2) is 22.1 Å². The number of fused-ring (bicyclic) bond motifs is 1. The maximum atomic E-state index is 5.65. The fourth-order valence-corrected chi connectivity index (χ4v) is 1.13. The first-order valence-electron chi connectivity index (χ1n) is 3.72. The van der Waals surface area contributed by atoms with E-state index in [-0.39, 0.29) is 0 Å². The Morgan fingerprint density at radius 2 is 2.15 bits per heavy atom. The molecular weight excluding hydrogens is 168 g/mol. The van der Waals surface area contributed by atoms with Gasteiger partial charge in [-0.1, -0.05) is 0 Å². The van der Waals surface area contributed by atoms with Crippen LogP contribution in [0.25, 0.3) is 10.9 Å². The molecule has 5 nitrogen and oxygen atoms in total. The molecule has 0 bridgehead atoms. The number of pyridine rings is 1. The molecule has 2 rings (SSSR count). The molecule has 5 heteroatoms. The molecule has 13 heavy (non-hydrogen) atoms. The highest BCUT2D eigenvalue weighted by Crippen LogP contribution is 2.22. The Labute approximate surface area is 74.6 Å². The molecule has 2 N–H and O–H groups in total. The van der Waals surface area contributed by atoms with Crippen LogP contribution in [0.5, 0.6) is 5.88 Å². The van der Waals surface area contributed by atoms with E-state index >= 15 is 0 Å². The quantitative estimate of drug-likeness (QED) is 0.689. The van der Waals surface area contributed by atoms with Crippen molar-refractivity contribution in [2.75, 3.05) is 12.8 Å². The van der Waals surface area contributed by atoms with Crippen molar-refractivity contribution in [2.45, 2.75) is 0 Å². The molecule has 0 aliphatic heterocycles. The Morgan fingerprint density at radius 3 is 2.92 bits per heavy atom. The van der Waals surface area contributed by atoms with Crippen LogP contribution in [0.1, 0.15) is 0 Å². The highest BCUT2D eigenvalue weighted by Gasteiger charge is 2.05. The normalized spacial score (nSPS) is 10.2. The Balaban J connectivity index is 2.84. The fraction of sp³-hybridized carbons (Fsp3) is 0.125. The molecule has 0 unspecified atom stereocenters. The van der Waals surface area contributed by atoms with Gasteiger partial charge in [-0.3, -0.25) is 0 Å². The van der Waals surface area contributed by atoms with E-state index in [1.54, 1.807) is 19.4 Å². The Kier molecular flexibility index (Phi) is 1.70. The number of nitrogens with two attached hydrogens (primary N) is 1. The van der Waals surface area contributed by atoms with E-state index in [0.717, 1.165) is 5.39 Å². The lowest BCUT2D eigenvalue weighted by Crippen LogP contribution is -1.96. The van der Waals surface area contributed by atoms with Gasteiger partial charge in [0.25, 0.3) is 0 Å². The fourth-order valence-electron chi connectivity index (χ4n) is 1.13. The molecule has 0 aliphatic rings. The van der Waals surface area contributed by atoms with Gasteiger partial charge in [0.1, 0.15) is 17.7 Å². The first-order chi connectivity index (χ1) is 6.33. The molecule has 0 amide bonds. The van der Waals surface area contributed by atoms with Crippen LogP contribution in [0.3, 0.4) is 0 Å². The molecule has 0 saturated carbocycles. The predicted molar refractivity (Wildman–Crippen MR) is 48.3 cm³/mol. The molecule has 0 aliphatic carbocycles. The third kappa shape index (κ3) is 1.14. The van der Waals surface area contributed by atoms with Gasteiger partial charge >= 0.3 is 0 Å². The van der Waals surface area contributed by atoms with Crippen molar-refractivity contribution in [3.63, 3.8) is 0 Å². The number of nitrogens with zero attached hydrogens (tertiary/aromatic N) is 3. The number of methoxy groups -OCH3 is 1. The average molecular weight is 176 g/mol. The lowest BCUT2D eigenvalue weighted by atomic mass is 10.3. The second kappa shape index (κ2) is 2.85. The smallest absolute Gasteiger partial charge is 0.240 e. The molecule has 2 aromatic heterocycles. The monoisotopic (exact) mass is 176 g/mol. The zero-order valence-electron chi connectivity index (χ0n) is 7.06. The van der Waals surface area contributed by atoms with E-state index in [0.29, 0.717) is 17.2 Å². The zero-order valence-corrected chi connectivity index (χ0v) is 7.06. The van der Waals surface area contributed by atoms with E-state index < -0.39 is 0 Å². The topological polar surface area (TPSA) is 73.9 Å². The summed E-state index contributed by atoms with van der Waals surface area (Å²) < 4.78 is 5.03. The van der Waals surface area contributed by atoms with Crippen LogP contribution in [0, 0.1) is 0 Å². The predicted octanol–water partition coefficient (Wildman–Crippen LogP) is 0.616. The Morgan fingerprint density at radius 1 is 1.31 bits per heavy atom. The summed E-state index contributed by atoms with van der Waals surface area (Å²) in [5.41, 5.74) is 6.28. The van der Waals surface area contributed by atoms with Gasteiger partial charge in [-0.2, -0.15) is 0 Å². The van der Waals surface area contributed by atoms with Crippen LogP contribution in [-0.2, 0) is 0 Å². The summed E-state index contributed by atoms with van der Waals surface area (Å²) in [6, 6.07) is 1.76. The third-order valence-electron chi connectivity index (χ3n) is 1.74. The van der Waals surface area contributed by atoms with E-state index in [2.05, 4.69) is 15.0 Å². The summed E-state index contributed by atoms with van der Waals surface area (Å²) >= 11 is 0. The molecule has 2 heterocycles. The lowest BCUT2D eigenvalue weighted by molar-refractivity contribution is 0.402. The molecule has 66 valence electrons. The number of hydrogen-bond donors (Lipinski definition) is 1. The summed E-state index contributed by atoms with van der Waals surface area (Å²) in [5.74, 6) is 0.900. The number of rotatable bonds is 1. The molecule has 2 aromatic rings. The van der Waals surface area contributed by atoms with Crippen molar-refractivity contribution in [1.29, 1.82) is 0 Å². The van der Waals surface area contributed by atoms with Crippen molar-refractivity contribution in [2.24, 2.45) is 0 Å². The van der Waals surface area contributed by atoms with Gasteiger partial charge in [-0.05, 0) is 6.07 Å². The molecule has 0 fully saturated rings. The van der Waals surface area contributed by atoms with Crippen molar-refractivity contribution in [3.05, 3.63) is 18.6 Å². The standard InChI is InChI=1S/C8H8N4O/c1-13-8-6-5(2-3-10-8)7(9)12-4-11-6/h2-4H,1H3,(H2,9,11,12). The van der Waals surface area contributed by atoms with Crippen LogP contribution < -0.4 is 10.5 Å². The van der Waals surface area contributed by atoms with E-state index in [4.69, 9.17) is 10.5 Å².